The van der Waals surface area contributed by atoms with Crippen molar-refractivity contribution in [2.75, 3.05) is 28.6 Å². The smallest absolute Gasteiger partial charge is 0.258 e. The average Bonchev–Trinajstić information content (AvgIpc) is 2.74. The lowest BCUT2D eigenvalue weighted by molar-refractivity contribution is -0.123. The van der Waals surface area contributed by atoms with E-state index in [4.69, 9.17) is 17.3 Å². The number of halogens is 1. The Balaban J connectivity index is 1.60. The van der Waals surface area contributed by atoms with Gasteiger partial charge >= 0.3 is 0 Å². The van der Waals surface area contributed by atoms with Gasteiger partial charge in [-0.1, -0.05) is 17.7 Å². The molecule has 10 nitrogen and oxygen atoms in total. The van der Waals surface area contributed by atoms with Gasteiger partial charge in [0.15, 0.2) is 0 Å². The molecule has 0 bridgehead atoms. The van der Waals surface area contributed by atoms with E-state index < -0.39 is 23.3 Å². The molecule has 0 spiro atoms. The second-order valence-electron chi connectivity index (χ2n) is 8.09. The lowest BCUT2D eigenvalue weighted by Gasteiger charge is -2.32. The fraction of sp³-hybridized carbons (Fsp3) is 0.381. The summed E-state index contributed by atoms with van der Waals surface area (Å²) in [5.41, 5.74) is 6.30. The number of aryl methyl sites for hydroxylation is 1. The van der Waals surface area contributed by atoms with E-state index in [2.05, 4.69) is 20.6 Å². The molecular weight excluding hydrogens is 436 g/mol. The lowest BCUT2D eigenvalue weighted by Crippen LogP contribution is -2.41. The average molecular weight is 459 g/mol. The number of rotatable bonds is 4. The summed E-state index contributed by atoms with van der Waals surface area (Å²) in [6.45, 7) is 2.84. The molecule has 1 aromatic heterocycles. The zero-order valence-corrected chi connectivity index (χ0v) is 18.2. The monoisotopic (exact) mass is 458 g/mol. The van der Waals surface area contributed by atoms with Crippen LogP contribution < -0.4 is 26.8 Å². The molecule has 0 aliphatic carbocycles. The first-order chi connectivity index (χ1) is 15.2. The summed E-state index contributed by atoms with van der Waals surface area (Å²) in [6.07, 6.45) is 0.909. The molecule has 1 fully saturated rings. The number of H-pyrrole nitrogens is 1. The number of hydrogen-bond acceptors (Lipinski definition) is 6. The van der Waals surface area contributed by atoms with Crippen LogP contribution in [0.5, 0.6) is 0 Å². The molecule has 2 aromatic rings. The molecule has 0 unspecified atom stereocenters. The first-order valence-electron chi connectivity index (χ1n) is 10.3. The van der Waals surface area contributed by atoms with E-state index in [9.17, 15) is 19.2 Å². The normalized spacial score (nSPS) is 18.6. The van der Waals surface area contributed by atoms with Crippen LogP contribution in [-0.4, -0.2) is 40.8 Å². The predicted octanol–water partition coefficient (Wildman–Crippen LogP) is 1.50. The van der Waals surface area contributed by atoms with Crippen molar-refractivity contribution in [3.63, 3.8) is 0 Å². The first-order valence-corrected chi connectivity index (χ1v) is 10.7. The Bertz CT molecular complexity index is 1160. The number of aromatic nitrogens is 2. The van der Waals surface area contributed by atoms with Crippen LogP contribution in [0.4, 0.5) is 17.5 Å². The number of hydrogen-bond donors (Lipinski definition) is 4. The zero-order chi connectivity index (χ0) is 23.0. The molecule has 3 amide bonds. The highest BCUT2D eigenvalue weighted by Crippen LogP contribution is 2.32. The Labute approximate surface area is 188 Å². The molecule has 2 aliphatic rings. The highest BCUT2D eigenvalue weighted by molar-refractivity contribution is 6.33. The van der Waals surface area contributed by atoms with Gasteiger partial charge in [-0.3, -0.25) is 24.2 Å². The predicted molar refractivity (Wildman–Crippen MR) is 120 cm³/mol. The number of aromatic amines is 1. The number of amides is 3. The van der Waals surface area contributed by atoms with E-state index in [0.717, 1.165) is 5.56 Å². The summed E-state index contributed by atoms with van der Waals surface area (Å²) >= 11 is 6.20. The maximum Gasteiger partial charge on any atom is 0.258 e. The van der Waals surface area contributed by atoms with Gasteiger partial charge in [-0.2, -0.15) is 4.98 Å². The number of benzene rings is 1. The standard InChI is InChI=1S/C21H23ClN6O4/c1-10-2-3-14(13(22)8-10)24-19(31)12-9-15(29)25-18-16(12)20(32)27-21(26-18)28-6-4-11(5-7-28)17(23)30/h2-3,8,11-12H,4-7,9H2,1H3,(H2,23,30)(H,24,31)(H2,25,26,27,29,32)/t12-/m1/s1. The third-order valence-corrected chi connectivity index (χ3v) is 6.15. The van der Waals surface area contributed by atoms with Crippen LogP contribution in [0.2, 0.25) is 5.02 Å². The number of primary amides is 1. The Morgan fingerprint density at radius 2 is 1.97 bits per heavy atom. The minimum Gasteiger partial charge on any atom is -0.369 e. The van der Waals surface area contributed by atoms with Crippen molar-refractivity contribution in [1.82, 2.24) is 9.97 Å². The van der Waals surface area contributed by atoms with Crippen molar-refractivity contribution in [1.29, 1.82) is 0 Å². The van der Waals surface area contributed by atoms with Crippen LogP contribution in [0, 0.1) is 12.8 Å². The van der Waals surface area contributed by atoms with Crippen molar-refractivity contribution in [2.24, 2.45) is 11.7 Å². The number of carbonyl (C=O) groups is 3. The number of carbonyl (C=O) groups excluding carboxylic acids is 3. The van der Waals surface area contributed by atoms with Crippen LogP contribution in [0.1, 0.15) is 36.3 Å². The maximum atomic E-state index is 13.0. The highest BCUT2D eigenvalue weighted by atomic mass is 35.5. The number of fused-ring (bicyclic) bond motifs is 1. The van der Waals surface area contributed by atoms with Gasteiger partial charge in [0, 0.05) is 25.4 Å². The third-order valence-electron chi connectivity index (χ3n) is 5.83. The summed E-state index contributed by atoms with van der Waals surface area (Å²) < 4.78 is 0. The van der Waals surface area contributed by atoms with Gasteiger partial charge in [0.25, 0.3) is 5.56 Å². The van der Waals surface area contributed by atoms with Gasteiger partial charge < -0.3 is 21.3 Å². The summed E-state index contributed by atoms with van der Waals surface area (Å²) in [5, 5.41) is 5.66. The Hall–Kier alpha value is -3.40. The second kappa shape index (κ2) is 8.62. The van der Waals surface area contributed by atoms with E-state index in [0.29, 0.717) is 36.6 Å². The Kier molecular flexibility index (Phi) is 5.88. The Morgan fingerprint density at radius 3 is 2.62 bits per heavy atom. The summed E-state index contributed by atoms with van der Waals surface area (Å²) in [6, 6.07) is 5.17. The van der Waals surface area contributed by atoms with Crippen LogP contribution in [0.3, 0.4) is 0 Å². The molecule has 0 radical (unpaired) electrons. The van der Waals surface area contributed by atoms with Gasteiger partial charge in [0.05, 0.1) is 22.2 Å². The molecule has 0 saturated carbocycles. The van der Waals surface area contributed by atoms with Crippen LogP contribution in [0.15, 0.2) is 23.0 Å². The Morgan fingerprint density at radius 1 is 1.25 bits per heavy atom. The van der Waals surface area contributed by atoms with Crippen molar-refractivity contribution in [3.8, 4) is 0 Å². The summed E-state index contributed by atoms with van der Waals surface area (Å²) in [4.78, 5) is 58.5. The fourth-order valence-electron chi connectivity index (χ4n) is 4.05. The van der Waals surface area contributed by atoms with Crippen LogP contribution in [0.25, 0.3) is 0 Å². The second-order valence-corrected chi connectivity index (χ2v) is 8.50. The maximum absolute atomic E-state index is 13.0. The minimum atomic E-state index is -1.01. The molecule has 1 atom stereocenters. The van der Waals surface area contributed by atoms with Gasteiger partial charge in [-0.25, -0.2) is 0 Å². The first kappa shape index (κ1) is 21.8. The largest absolute Gasteiger partial charge is 0.369 e. The minimum absolute atomic E-state index is 0.0622. The zero-order valence-electron chi connectivity index (χ0n) is 17.4. The van der Waals surface area contributed by atoms with E-state index in [1.807, 2.05) is 11.8 Å². The number of nitrogens with zero attached hydrogens (tertiary/aromatic N) is 2. The van der Waals surface area contributed by atoms with E-state index in [-0.39, 0.29) is 35.6 Å². The van der Waals surface area contributed by atoms with E-state index in [1.165, 1.54) is 0 Å². The lowest BCUT2D eigenvalue weighted by atomic mass is 9.92. The fourth-order valence-corrected chi connectivity index (χ4v) is 4.33. The quantitative estimate of drug-likeness (QED) is 0.545. The highest BCUT2D eigenvalue weighted by Gasteiger charge is 2.35. The molecular formula is C21H23ClN6O4. The molecule has 2 aliphatic heterocycles. The van der Waals surface area contributed by atoms with Gasteiger partial charge in [0.1, 0.15) is 5.82 Å². The van der Waals surface area contributed by atoms with Gasteiger partial charge in [-0.05, 0) is 37.5 Å². The molecule has 168 valence electrons. The molecule has 3 heterocycles. The topological polar surface area (TPSA) is 150 Å². The SMILES string of the molecule is Cc1ccc(NC(=O)[C@@H]2CC(=O)Nc3nc(N4CCC(C(N)=O)CC4)[nH]c(=O)c32)c(Cl)c1. The van der Waals surface area contributed by atoms with Crippen molar-refractivity contribution in [2.45, 2.75) is 32.1 Å². The number of nitrogens with one attached hydrogen (secondary N) is 3. The molecule has 1 saturated heterocycles. The number of piperidine rings is 1. The van der Waals surface area contributed by atoms with Crippen molar-refractivity contribution < 1.29 is 14.4 Å². The van der Waals surface area contributed by atoms with E-state index in [1.54, 1.807) is 18.2 Å². The van der Waals surface area contributed by atoms with Crippen LogP contribution >= 0.6 is 11.6 Å². The third kappa shape index (κ3) is 4.31. The van der Waals surface area contributed by atoms with Crippen molar-refractivity contribution >= 4 is 46.8 Å². The number of nitrogens with two attached hydrogens (primary N) is 1. The molecule has 32 heavy (non-hydrogen) atoms. The van der Waals surface area contributed by atoms with Crippen LogP contribution in [-0.2, 0) is 14.4 Å². The molecule has 11 heteroatoms. The molecule has 1 aromatic carbocycles. The van der Waals surface area contributed by atoms with E-state index >= 15 is 0 Å². The van der Waals surface area contributed by atoms with Crippen molar-refractivity contribution in [3.05, 3.63) is 44.7 Å². The van der Waals surface area contributed by atoms with Gasteiger partial charge in [0.2, 0.25) is 23.7 Å². The molecule has 4 rings (SSSR count). The molecule has 5 N–H and O–H groups in total. The summed E-state index contributed by atoms with van der Waals surface area (Å²) in [5.74, 6) is -2.16. The summed E-state index contributed by atoms with van der Waals surface area (Å²) in [7, 11) is 0. The van der Waals surface area contributed by atoms with Gasteiger partial charge in [-0.15, -0.1) is 0 Å². The number of anilines is 3.